The lowest BCUT2D eigenvalue weighted by Gasteiger charge is -2.21. The van der Waals surface area contributed by atoms with Crippen LogP contribution in [-0.4, -0.2) is 30.6 Å². The zero-order valence-electron chi connectivity index (χ0n) is 15.0. The van der Waals surface area contributed by atoms with Crippen molar-refractivity contribution in [3.05, 3.63) is 57.6 Å². The van der Waals surface area contributed by atoms with Crippen molar-refractivity contribution in [2.45, 2.75) is 13.8 Å². The van der Waals surface area contributed by atoms with Gasteiger partial charge in [0.05, 0.1) is 22.2 Å². The average molecular weight is 391 g/mol. The molecular formula is C18H19ClN4O4. The van der Waals surface area contributed by atoms with Gasteiger partial charge in [-0.1, -0.05) is 11.6 Å². The Labute approximate surface area is 161 Å². The Hall–Kier alpha value is -3.00. The van der Waals surface area contributed by atoms with E-state index in [2.05, 4.69) is 10.2 Å². The number of carbonyl (C=O) groups is 1. The summed E-state index contributed by atoms with van der Waals surface area (Å²) in [6.45, 7) is 4.89. The van der Waals surface area contributed by atoms with E-state index < -0.39 is 4.92 Å². The number of nitro benzene ring substituents is 1. The largest absolute Gasteiger partial charge is 0.465 e. The fourth-order valence-corrected chi connectivity index (χ4v) is 2.49. The summed E-state index contributed by atoms with van der Waals surface area (Å²) in [5.74, 6) is -0.282. The number of nitro groups is 1. The SMILES string of the molecule is CCOC(=O)CN(CC)c1ccc(N=Nc2ccc([N+](=O)[O-])cc2Cl)cc1. The van der Waals surface area contributed by atoms with Crippen LogP contribution in [0.4, 0.5) is 22.7 Å². The Kier molecular flexibility index (Phi) is 7.25. The van der Waals surface area contributed by atoms with Crippen LogP contribution in [0.15, 0.2) is 52.7 Å². The topological polar surface area (TPSA) is 97.4 Å². The molecule has 2 aromatic rings. The Morgan fingerprint density at radius 2 is 1.89 bits per heavy atom. The number of ether oxygens (including phenoxy) is 1. The van der Waals surface area contributed by atoms with Crippen LogP contribution in [0.5, 0.6) is 0 Å². The van der Waals surface area contributed by atoms with Gasteiger partial charge in [-0.15, -0.1) is 5.11 Å². The van der Waals surface area contributed by atoms with Crippen LogP contribution in [-0.2, 0) is 9.53 Å². The van der Waals surface area contributed by atoms with E-state index in [0.29, 0.717) is 24.5 Å². The first-order chi connectivity index (χ1) is 12.9. The molecule has 0 amide bonds. The van der Waals surface area contributed by atoms with Crippen LogP contribution < -0.4 is 4.90 Å². The molecule has 0 fully saturated rings. The number of anilines is 1. The molecule has 9 heteroatoms. The zero-order valence-corrected chi connectivity index (χ0v) is 15.7. The number of halogens is 1. The molecule has 0 N–H and O–H groups in total. The van der Waals surface area contributed by atoms with Gasteiger partial charge in [0.15, 0.2) is 0 Å². The highest BCUT2D eigenvalue weighted by molar-refractivity contribution is 6.33. The van der Waals surface area contributed by atoms with E-state index >= 15 is 0 Å². The Balaban J connectivity index is 2.09. The van der Waals surface area contributed by atoms with Gasteiger partial charge in [-0.25, -0.2) is 0 Å². The quantitative estimate of drug-likeness (QED) is 0.272. The smallest absolute Gasteiger partial charge is 0.325 e. The molecular weight excluding hydrogens is 372 g/mol. The van der Waals surface area contributed by atoms with Gasteiger partial charge in [-0.05, 0) is 44.2 Å². The van der Waals surface area contributed by atoms with Gasteiger partial charge in [0, 0.05) is 24.4 Å². The lowest BCUT2D eigenvalue weighted by molar-refractivity contribution is -0.384. The molecule has 0 radical (unpaired) electrons. The molecule has 0 saturated carbocycles. The van der Waals surface area contributed by atoms with E-state index in [9.17, 15) is 14.9 Å². The Morgan fingerprint density at radius 3 is 2.44 bits per heavy atom. The number of likely N-dealkylation sites (N-methyl/N-ethyl adjacent to an activating group) is 1. The number of esters is 1. The molecule has 0 aromatic heterocycles. The second kappa shape index (κ2) is 9.63. The van der Waals surface area contributed by atoms with Gasteiger partial charge in [0.25, 0.3) is 5.69 Å². The summed E-state index contributed by atoms with van der Waals surface area (Å²) < 4.78 is 4.97. The van der Waals surface area contributed by atoms with Crippen molar-refractivity contribution in [2.75, 3.05) is 24.6 Å². The third kappa shape index (κ3) is 5.75. The molecule has 0 aliphatic carbocycles. The third-order valence-electron chi connectivity index (χ3n) is 3.64. The molecule has 0 aliphatic heterocycles. The van der Waals surface area contributed by atoms with Crippen LogP contribution in [0.1, 0.15) is 13.8 Å². The Morgan fingerprint density at radius 1 is 1.19 bits per heavy atom. The Bertz CT molecular complexity index is 840. The lowest BCUT2D eigenvalue weighted by Crippen LogP contribution is -2.30. The maximum Gasteiger partial charge on any atom is 0.325 e. The number of carbonyl (C=O) groups excluding carboxylic acids is 1. The van der Waals surface area contributed by atoms with Gasteiger partial charge in [-0.2, -0.15) is 5.11 Å². The van der Waals surface area contributed by atoms with Crippen molar-refractivity contribution in [3.8, 4) is 0 Å². The number of hydrogen-bond acceptors (Lipinski definition) is 7. The highest BCUT2D eigenvalue weighted by Gasteiger charge is 2.11. The van der Waals surface area contributed by atoms with Crippen LogP contribution in [0.3, 0.4) is 0 Å². The normalized spacial score (nSPS) is 10.8. The molecule has 0 atom stereocenters. The molecule has 0 aliphatic rings. The van der Waals surface area contributed by atoms with Crippen LogP contribution in [0.25, 0.3) is 0 Å². The van der Waals surface area contributed by atoms with E-state index in [1.54, 1.807) is 19.1 Å². The minimum absolute atomic E-state index is 0.107. The highest BCUT2D eigenvalue weighted by Crippen LogP contribution is 2.30. The van der Waals surface area contributed by atoms with E-state index in [0.717, 1.165) is 5.69 Å². The fourth-order valence-electron chi connectivity index (χ4n) is 2.28. The maximum absolute atomic E-state index is 11.7. The number of non-ortho nitro benzene ring substituents is 1. The molecule has 27 heavy (non-hydrogen) atoms. The van der Waals surface area contributed by atoms with Gasteiger partial charge in [0.1, 0.15) is 12.2 Å². The zero-order chi connectivity index (χ0) is 19.8. The first kappa shape index (κ1) is 20.3. The average Bonchev–Trinajstić information content (AvgIpc) is 2.65. The van der Waals surface area contributed by atoms with Gasteiger partial charge < -0.3 is 9.64 Å². The molecule has 0 spiro atoms. The second-order valence-corrected chi connectivity index (χ2v) is 5.84. The summed E-state index contributed by atoms with van der Waals surface area (Å²) in [6.07, 6.45) is 0. The van der Waals surface area contributed by atoms with Gasteiger partial charge in [-0.3, -0.25) is 14.9 Å². The molecule has 142 valence electrons. The number of rotatable bonds is 8. The fraction of sp³-hybridized carbons (Fsp3) is 0.278. The summed E-state index contributed by atoms with van der Waals surface area (Å²) in [5, 5.41) is 19.0. The number of benzene rings is 2. The lowest BCUT2D eigenvalue weighted by atomic mass is 10.2. The van der Waals surface area contributed by atoms with Crippen molar-refractivity contribution >= 4 is 40.3 Å². The van der Waals surface area contributed by atoms with E-state index in [1.165, 1.54) is 18.2 Å². The summed E-state index contributed by atoms with van der Waals surface area (Å²) in [5.41, 5.74) is 1.67. The monoisotopic (exact) mass is 390 g/mol. The number of nitrogens with zero attached hydrogens (tertiary/aromatic N) is 4. The highest BCUT2D eigenvalue weighted by atomic mass is 35.5. The maximum atomic E-state index is 11.7. The molecule has 2 aromatic carbocycles. The summed E-state index contributed by atoms with van der Waals surface area (Å²) in [6, 6.07) is 11.2. The minimum atomic E-state index is -0.526. The van der Waals surface area contributed by atoms with Crippen molar-refractivity contribution in [3.63, 3.8) is 0 Å². The van der Waals surface area contributed by atoms with Crippen molar-refractivity contribution in [1.29, 1.82) is 0 Å². The molecule has 8 nitrogen and oxygen atoms in total. The summed E-state index contributed by atoms with van der Waals surface area (Å²) in [4.78, 5) is 23.7. The van der Waals surface area contributed by atoms with Crippen molar-refractivity contribution in [2.24, 2.45) is 10.2 Å². The number of azo groups is 1. The van der Waals surface area contributed by atoms with Gasteiger partial charge in [0.2, 0.25) is 0 Å². The molecule has 2 rings (SSSR count). The summed E-state index contributed by atoms with van der Waals surface area (Å²) in [7, 11) is 0. The summed E-state index contributed by atoms with van der Waals surface area (Å²) >= 11 is 5.99. The first-order valence-electron chi connectivity index (χ1n) is 8.31. The van der Waals surface area contributed by atoms with Crippen LogP contribution >= 0.6 is 11.6 Å². The second-order valence-electron chi connectivity index (χ2n) is 5.43. The number of hydrogen-bond donors (Lipinski definition) is 0. The molecule has 0 unspecified atom stereocenters. The van der Waals surface area contributed by atoms with E-state index in [-0.39, 0.29) is 23.2 Å². The van der Waals surface area contributed by atoms with Crippen LogP contribution in [0.2, 0.25) is 5.02 Å². The van der Waals surface area contributed by atoms with Gasteiger partial charge >= 0.3 is 5.97 Å². The van der Waals surface area contributed by atoms with Crippen molar-refractivity contribution in [1.82, 2.24) is 0 Å². The van der Waals surface area contributed by atoms with E-state index in [1.807, 2.05) is 24.0 Å². The molecule has 0 heterocycles. The predicted octanol–water partition coefficient (Wildman–Crippen LogP) is 5.05. The minimum Gasteiger partial charge on any atom is -0.465 e. The molecule has 0 saturated heterocycles. The standard InChI is InChI=1S/C18H19ClN4O4/c1-3-22(12-18(24)27-4-2)14-7-5-13(6-8-14)20-21-17-10-9-15(23(25)26)11-16(17)19/h5-11H,3-4,12H2,1-2H3. The van der Waals surface area contributed by atoms with Crippen molar-refractivity contribution < 1.29 is 14.5 Å². The third-order valence-corrected chi connectivity index (χ3v) is 3.94. The predicted molar refractivity (Wildman–Crippen MR) is 103 cm³/mol. The van der Waals surface area contributed by atoms with Crippen LogP contribution in [0, 0.1) is 10.1 Å². The first-order valence-corrected chi connectivity index (χ1v) is 8.68. The van der Waals surface area contributed by atoms with E-state index in [4.69, 9.17) is 16.3 Å². The molecule has 0 bridgehead atoms.